The fraction of sp³-hybridized carbons (Fsp3) is 0.360. The van der Waals surface area contributed by atoms with Gasteiger partial charge in [-0.25, -0.2) is 9.78 Å². The Morgan fingerprint density at radius 2 is 1.91 bits per heavy atom. The summed E-state index contributed by atoms with van der Waals surface area (Å²) in [5.74, 6) is 0.975. The number of esters is 1. The van der Waals surface area contributed by atoms with Gasteiger partial charge in [0.05, 0.1) is 25.5 Å². The van der Waals surface area contributed by atoms with Crippen molar-refractivity contribution in [2.75, 3.05) is 44.4 Å². The van der Waals surface area contributed by atoms with Crippen molar-refractivity contribution in [3.63, 3.8) is 0 Å². The molecule has 1 aliphatic heterocycles. The minimum atomic E-state index is -0.382. The predicted octanol–water partition coefficient (Wildman–Crippen LogP) is 4.48. The molecule has 33 heavy (non-hydrogen) atoms. The number of aromatic nitrogens is 1. The normalized spacial score (nSPS) is 13.6. The summed E-state index contributed by atoms with van der Waals surface area (Å²) in [5, 5.41) is 2.96. The molecule has 0 N–H and O–H groups in total. The van der Waals surface area contributed by atoms with E-state index >= 15 is 0 Å². The molecule has 1 fully saturated rings. The van der Waals surface area contributed by atoms with E-state index in [0.29, 0.717) is 19.0 Å². The zero-order valence-corrected chi connectivity index (χ0v) is 19.7. The van der Waals surface area contributed by atoms with Crippen LogP contribution in [0.3, 0.4) is 0 Å². The van der Waals surface area contributed by atoms with Gasteiger partial charge in [0.15, 0.2) is 6.61 Å². The second-order valence-corrected chi connectivity index (χ2v) is 8.53. The topological polar surface area (TPSA) is 70.1 Å². The molecule has 0 spiro atoms. The molecular formula is C25H28N2O5S. The number of hydrogen-bond donors (Lipinski definition) is 0. The minimum Gasteiger partial charge on any atom is -0.486 e. The van der Waals surface area contributed by atoms with Crippen molar-refractivity contribution in [2.45, 2.75) is 20.5 Å². The molecule has 2 aromatic carbocycles. The molecule has 0 saturated carbocycles. The highest BCUT2D eigenvalue weighted by atomic mass is 32.1. The first-order chi connectivity index (χ1) is 16.1. The van der Waals surface area contributed by atoms with Gasteiger partial charge in [0.25, 0.3) is 0 Å². The van der Waals surface area contributed by atoms with E-state index in [2.05, 4.69) is 34.5 Å². The lowest BCUT2D eigenvalue weighted by molar-refractivity contribution is -0.145. The molecule has 0 radical (unpaired) electrons. The Morgan fingerprint density at radius 3 is 2.64 bits per heavy atom. The number of carbonyl (C=O) groups excluding carboxylic acids is 1. The van der Waals surface area contributed by atoms with Crippen molar-refractivity contribution in [3.8, 4) is 22.8 Å². The average Bonchev–Trinajstić information content (AvgIpc) is 3.32. The third-order valence-electron chi connectivity index (χ3n) is 5.25. The van der Waals surface area contributed by atoms with E-state index in [-0.39, 0.29) is 12.6 Å². The first kappa shape index (κ1) is 23.1. The van der Waals surface area contributed by atoms with Gasteiger partial charge in [0.1, 0.15) is 23.1 Å². The van der Waals surface area contributed by atoms with Gasteiger partial charge in [-0.1, -0.05) is 12.1 Å². The van der Waals surface area contributed by atoms with Gasteiger partial charge >= 0.3 is 5.97 Å². The van der Waals surface area contributed by atoms with Gasteiger partial charge in [0.2, 0.25) is 0 Å². The molecule has 7 nitrogen and oxygen atoms in total. The second-order valence-electron chi connectivity index (χ2n) is 7.58. The first-order valence-corrected chi connectivity index (χ1v) is 11.9. The van der Waals surface area contributed by atoms with Crippen molar-refractivity contribution < 1.29 is 23.7 Å². The van der Waals surface area contributed by atoms with Gasteiger partial charge in [-0.15, -0.1) is 11.3 Å². The van der Waals surface area contributed by atoms with E-state index < -0.39 is 0 Å². The van der Waals surface area contributed by atoms with Gasteiger partial charge in [-0.2, -0.15) is 0 Å². The minimum absolute atomic E-state index is 0.107. The molecule has 1 saturated heterocycles. The van der Waals surface area contributed by atoms with Crippen molar-refractivity contribution in [1.29, 1.82) is 0 Å². The van der Waals surface area contributed by atoms with Crippen LogP contribution in [0.15, 0.2) is 47.8 Å². The van der Waals surface area contributed by atoms with Crippen LogP contribution in [0.2, 0.25) is 0 Å². The third kappa shape index (κ3) is 6.24. The summed E-state index contributed by atoms with van der Waals surface area (Å²) >= 11 is 1.58. The molecule has 1 aromatic heterocycles. The van der Waals surface area contributed by atoms with Crippen LogP contribution in [0.25, 0.3) is 11.3 Å². The Labute approximate surface area is 197 Å². The lowest BCUT2D eigenvalue weighted by atomic mass is 10.1. The highest BCUT2D eigenvalue weighted by molar-refractivity contribution is 7.09. The van der Waals surface area contributed by atoms with Crippen molar-refractivity contribution >= 4 is 23.0 Å². The average molecular weight is 469 g/mol. The Morgan fingerprint density at radius 1 is 1.12 bits per heavy atom. The lowest BCUT2D eigenvalue weighted by Gasteiger charge is -2.28. The van der Waals surface area contributed by atoms with E-state index in [1.807, 2.05) is 19.1 Å². The Bertz CT molecular complexity index is 1060. The monoisotopic (exact) mass is 468 g/mol. The Hall–Kier alpha value is -3.10. The van der Waals surface area contributed by atoms with Crippen LogP contribution in [0.4, 0.5) is 5.69 Å². The van der Waals surface area contributed by atoms with Crippen LogP contribution in [0.1, 0.15) is 17.5 Å². The number of carbonyl (C=O) groups is 1. The molecule has 1 aliphatic rings. The third-order valence-corrected chi connectivity index (χ3v) is 6.07. The second kappa shape index (κ2) is 11.2. The predicted molar refractivity (Wildman–Crippen MR) is 128 cm³/mol. The van der Waals surface area contributed by atoms with E-state index in [1.165, 1.54) is 5.69 Å². The van der Waals surface area contributed by atoms with Gasteiger partial charge in [0, 0.05) is 29.7 Å². The number of rotatable bonds is 9. The fourth-order valence-corrected chi connectivity index (χ4v) is 4.25. The maximum Gasteiger partial charge on any atom is 0.344 e. The zero-order valence-electron chi connectivity index (χ0n) is 18.9. The van der Waals surface area contributed by atoms with Crippen LogP contribution in [0, 0.1) is 6.92 Å². The van der Waals surface area contributed by atoms with Crippen molar-refractivity contribution in [1.82, 2.24) is 4.98 Å². The molecule has 4 rings (SSSR count). The van der Waals surface area contributed by atoms with Crippen LogP contribution < -0.4 is 14.4 Å². The molecule has 174 valence electrons. The molecule has 3 aromatic rings. The summed E-state index contributed by atoms with van der Waals surface area (Å²) < 4.78 is 21.7. The molecule has 0 bridgehead atoms. The molecule has 0 aliphatic carbocycles. The van der Waals surface area contributed by atoms with E-state index in [4.69, 9.17) is 23.9 Å². The maximum absolute atomic E-state index is 11.5. The largest absolute Gasteiger partial charge is 0.486 e. The van der Waals surface area contributed by atoms with E-state index in [1.54, 1.807) is 24.3 Å². The van der Waals surface area contributed by atoms with Crippen molar-refractivity contribution in [3.05, 3.63) is 58.4 Å². The number of benzene rings is 2. The smallest absolute Gasteiger partial charge is 0.344 e. The summed E-state index contributed by atoms with van der Waals surface area (Å²) in [6.45, 7) is 7.71. The quantitative estimate of drug-likeness (QED) is 0.429. The summed E-state index contributed by atoms with van der Waals surface area (Å²) in [5.41, 5.74) is 4.14. The zero-order chi connectivity index (χ0) is 23.0. The Kier molecular flexibility index (Phi) is 7.80. The van der Waals surface area contributed by atoms with Crippen molar-refractivity contribution in [2.24, 2.45) is 0 Å². The number of hydrogen-bond acceptors (Lipinski definition) is 8. The highest BCUT2D eigenvalue weighted by Crippen LogP contribution is 2.27. The number of aryl methyl sites for hydroxylation is 1. The summed E-state index contributed by atoms with van der Waals surface area (Å²) in [4.78, 5) is 18.5. The van der Waals surface area contributed by atoms with E-state index in [0.717, 1.165) is 53.9 Å². The van der Waals surface area contributed by atoms with Gasteiger partial charge in [-0.05, 0) is 49.7 Å². The van der Waals surface area contributed by atoms with Gasteiger partial charge in [-0.3, -0.25) is 0 Å². The van der Waals surface area contributed by atoms with Crippen LogP contribution in [0.5, 0.6) is 11.5 Å². The molecule has 8 heteroatoms. The number of anilines is 1. The van der Waals surface area contributed by atoms with Gasteiger partial charge < -0.3 is 23.8 Å². The molecule has 0 atom stereocenters. The fourth-order valence-electron chi connectivity index (χ4n) is 3.53. The van der Waals surface area contributed by atoms with E-state index in [9.17, 15) is 4.79 Å². The van der Waals surface area contributed by atoms with Crippen LogP contribution in [-0.4, -0.2) is 50.5 Å². The molecule has 2 heterocycles. The SMILES string of the molecule is CCOC(=O)COc1ccc(OCc2nc(-c3ccc(N4CCOCC4)cc3)cs2)cc1C. The summed E-state index contributed by atoms with van der Waals surface area (Å²) in [7, 11) is 0. The number of morpholine rings is 1. The highest BCUT2D eigenvalue weighted by Gasteiger charge is 2.12. The standard InChI is InChI=1S/C25H28N2O5S/c1-3-30-25(28)16-32-23-9-8-21(14-18(23)2)31-15-24-26-22(17-33-24)19-4-6-20(7-5-19)27-10-12-29-13-11-27/h4-9,14,17H,3,10-13,15-16H2,1-2H3. The first-order valence-electron chi connectivity index (χ1n) is 11.0. The lowest BCUT2D eigenvalue weighted by Crippen LogP contribution is -2.36. The van der Waals surface area contributed by atoms with Crippen LogP contribution >= 0.6 is 11.3 Å². The number of thiazole rings is 1. The van der Waals surface area contributed by atoms with Crippen LogP contribution in [-0.2, 0) is 20.9 Å². The molecule has 0 amide bonds. The summed E-state index contributed by atoms with van der Waals surface area (Å²) in [6.07, 6.45) is 0. The molecular weight excluding hydrogens is 440 g/mol. The Balaban J connectivity index is 1.31. The maximum atomic E-state index is 11.5. The summed E-state index contributed by atoms with van der Waals surface area (Å²) in [6, 6.07) is 14.0. The number of nitrogens with zero attached hydrogens (tertiary/aromatic N) is 2. The number of ether oxygens (including phenoxy) is 4. The molecule has 0 unspecified atom stereocenters.